The SMILES string of the molecule is CCOC(=O)/C(C=NC(/C=N/Nc1ccc(Cl)nn1)C(=O)OC)=C(/O)c1ccccc1. The van der Waals surface area contributed by atoms with Crippen LogP contribution < -0.4 is 5.43 Å². The first-order valence-corrected chi connectivity index (χ1v) is 9.39. The van der Waals surface area contributed by atoms with Crippen LogP contribution >= 0.6 is 11.6 Å². The summed E-state index contributed by atoms with van der Waals surface area (Å²) in [6.07, 6.45) is 2.18. The quantitative estimate of drug-likeness (QED) is 0.198. The summed E-state index contributed by atoms with van der Waals surface area (Å²) in [6, 6.07) is 10.2. The maximum Gasteiger partial charge on any atom is 0.343 e. The Hall–Kier alpha value is -3.79. The van der Waals surface area contributed by atoms with E-state index in [9.17, 15) is 14.7 Å². The van der Waals surface area contributed by atoms with Gasteiger partial charge in [-0.2, -0.15) is 5.10 Å². The first kappa shape index (κ1) is 23.5. The number of anilines is 1. The summed E-state index contributed by atoms with van der Waals surface area (Å²) in [5.74, 6) is -1.62. The number of aliphatic imine (C=N–C) groups is 1. The third kappa shape index (κ3) is 7.19. The maximum atomic E-state index is 12.3. The van der Waals surface area contributed by atoms with Crippen molar-refractivity contribution in [1.29, 1.82) is 0 Å². The average molecular weight is 446 g/mol. The van der Waals surface area contributed by atoms with Crippen molar-refractivity contribution in [3.63, 3.8) is 0 Å². The largest absolute Gasteiger partial charge is 0.506 e. The molecular formula is C20H20ClN5O5. The zero-order valence-corrected chi connectivity index (χ0v) is 17.5. The Kier molecular flexibility index (Phi) is 9.12. The van der Waals surface area contributed by atoms with Crippen LogP contribution in [0.3, 0.4) is 0 Å². The van der Waals surface area contributed by atoms with Gasteiger partial charge < -0.3 is 14.6 Å². The Morgan fingerprint density at radius 3 is 2.58 bits per heavy atom. The lowest BCUT2D eigenvalue weighted by Crippen LogP contribution is -2.23. The summed E-state index contributed by atoms with van der Waals surface area (Å²) in [5, 5.41) is 22.0. The molecule has 1 aromatic heterocycles. The van der Waals surface area contributed by atoms with Crippen LogP contribution in [-0.2, 0) is 19.1 Å². The summed E-state index contributed by atoms with van der Waals surface area (Å²) >= 11 is 5.66. The highest BCUT2D eigenvalue weighted by Gasteiger charge is 2.19. The van der Waals surface area contributed by atoms with E-state index in [1.54, 1.807) is 37.3 Å². The first-order valence-electron chi connectivity index (χ1n) is 9.01. The van der Waals surface area contributed by atoms with E-state index in [-0.39, 0.29) is 28.9 Å². The molecule has 1 aromatic carbocycles. The lowest BCUT2D eigenvalue weighted by atomic mass is 10.1. The molecule has 0 bridgehead atoms. The van der Waals surface area contributed by atoms with Gasteiger partial charge in [-0.05, 0) is 19.1 Å². The Bertz CT molecular complexity index is 977. The molecule has 162 valence electrons. The number of methoxy groups -OCH3 is 1. The van der Waals surface area contributed by atoms with Gasteiger partial charge in [0, 0.05) is 11.8 Å². The molecule has 2 N–H and O–H groups in total. The molecule has 0 fully saturated rings. The Morgan fingerprint density at radius 2 is 1.97 bits per heavy atom. The molecule has 1 heterocycles. The van der Waals surface area contributed by atoms with Gasteiger partial charge in [-0.1, -0.05) is 41.9 Å². The van der Waals surface area contributed by atoms with E-state index in [2.05, 4.69) is 25.7 Å². The van der Waals surface area contributed by atoms with Crippen molar-refractivity contribution in [3.05, 3.63) is 58.8 Å². The average Bonchev–Trinajstić information content (AvgIpc) is 2.79. The van der Waals surface area contributed by atoms with Gasteiger partial charge >= 0.3 is 11.9 Å². The van der Waals surface area contributed by atoms with E-state index in [1.165, 1.54) is 19.2 Å². The maximum absolute atomic E-state index is 12.3. The normalized spacial score (nSPS) is 13.0. The second-order valence-electron chi connectivity index (χ2n) is 5.73. The number of nitrogens with one attached hydrogen (secondary N) is 1. The second kappa shape index (κ2) is 12.0. The number of aliphatic hydroxyl groups is 1. The van der Waals surface area contributed by atoms with Crippen molar-refractivity contribution in [2.24, 2.45) is 10.1 Å². The highest BCUT2D eigenvalue weighted by molar-refractivity contribution is 6.29. The molecule has 1 unspecified atom stereocenters. The van der Waals surface area contributed by atoms with Gasteiger partial charge in [0.25, 0.3) is 0 Å². The van der Waals surface area contributed by atoms with Gasteiger partial charge in [0.05, 0.1) is 19.9 Å². The number of hydrogen-bond donors (Lipinski definition) is 2. The van der Waals surface area contributed by atoms with Crippen LogP contribution in [0.5, 0.6) is 0 Å². The van der Waals surface area contributed by atoms with Crippen LogP contribution in [0, 0.1) is 0 Å². The number of aliphatic hydroxyl groups excluding tert-OH is 1. The number of halogens is 1. The zero-order valence-electron chi connectivity index (χ0n) is 16.7. The van der Waals surface area contributed by atoms with E-state index >= 15 is 0 Å². The molecule has 2 aromatic rings. The lowest BCUT2D eigenvalue weighted by molar-refractivity contribution is -0.140. The Labute approximate surface area is 183 Å². The fourth-order valence-electron chi connectivity index (χ4n) is 2.16. The van der Waals surface area contributed by atoms with Crippen LogP contribution in [0.4, 0.5) is 5.82 Å². The minimum Gasteiger partial charge on any atom is -0.506 e. The van der Waals surface area contributed by atoms with Gasteiger partial charge in [-0.25, -0.2) is 9.59 Å². The van der Waals surface area contributed by atoms with Crippen LogP contribution in [0.1, 0.15) is 12.5 Å². The molecule has 10 nitrogen and oxygen atoms in total. The minimum absolute atomic E-state index is 0.0895. The molecule has 31 heavy (non-hydrogen) atoms. The van der Waals surface area contributed by atoms with Crippen molar-refractivity contribution in [2.75, 3.05) is 19.1 Å². The van der Waals surface area contributed by atoms with E-state index < -0.39 is 18.0 Å². The number of carbonyl (C=O) groups excluding carboxylic acids is 2. The first-order chi connectivity index (χ1) is 15.0. The van der Waals surface area contributed by atoms with Crippen molar-refractivity contribution in [1.82, 2.24) is 10.2 Å². The molecule has 0 spiro atoms. The number of benzene rings is 1. The third-order valence-electron chi connectivity index (χ3n) is 3.63. The molecule has 0 aliphatic heterocycles. The number of aromatic nitrogens is 2. The molecule has 0 saturated heterocycles. The van der Waals surface area contributed by atoms with Gasteiger partial charge in [-0.3, -0.25) is 10.4 Å². The molecular weight excluding hydrogens is 426 g/mol. The molecule has 11 heteroatoms. The number of hydrogen-bond acceptors (Lipinski definition) is 10. The molecule has 1 atom stereocenters. The number of rotatable bonds is 9. The van der Waals surface area contributed by atoms with Crippen LogP contribution in [0.25, 0.3) is 5.76 Å². The smallest absolute Gasteiger partial charge is 0.343 e. The number of carbonyl (C=O) groups is 2. The van der Waals surface area contributed by atoms with E-state index in [1.807, 2.05) is 0 Å². The molecule has 0 radical (unpaired) electrons. The summed E-state index contributed by atoms with van der Waals surface area (Å²) in [5.41, 5.74) is 2.71. The fraction of sp³-hybridized carbons (Fsp3) is 0.200. The topological polar surface area (TPSA) is 135 Å². The standard InChI is InChI=1S/C20H20ClN5O5/c1-3-31-19(28)14(18(27)13-7-5-4-6-8-13)11-22-15(20(29)30-2)12-23-25-17-10-9-16(21)24-26-17/h4-12,15,27H,3H2,1-2H3,(H,25,26)/b18-14+,22-11?,23-12+. The lowest BCUT2D eigenvalue weighted by Gasteiger charge is -2.08. The van der Waals surface area contributed by atoms with Gasteiger partial charge in [-0.15, -0.1) is 10.2 Å². The summed E-state index contributed by atoms with van der Waals surface area (Å²) < 4.78 is 9.68. The monoisotopic (exact) mass is 445 g/mol. The summed E-state index contributed by atoms with van der Waals surface area (Å²) in [7, 11) is 1.18. The molecule has 0 saturated carbocycles. The van der Waals surface area contributed by atoms with Crippen molar-refractivity contribution in [2.45, 2.75) is 13.0 Å². The molecule has 0 amide bonds. The highest BCUT2D eigenvalue weighted by Crippen LogP contribution is 2.16. The number of esters is 2. The number of ether oxygens (including phenoxy) is 2. The predicted octanol–water partition coefficient (Wildman–Crippen LogP) is 2.67. The van der Waals surface area contributed by atoms with E-state index in [0.717, 1.165) is 12.4 Å². The van der Waals surface area contributed by atoms with Gasteiger partial charge in [0.1, 0.15) is 11.3 Å². The molecule has 0 aliphatic rings. The minimum atomic E-state index is -1.22. The number of nitrogens with zero attached hydrogens (tertiary/aromatic N) is 4. The third-order valence-corrected chi connectivity index (χ3v) is 3.83. The van der Waals surface area contributed by atoms with Crippen LogP contribution in [0.15, 0.2) is 58.1 Å². The van der Waals surface area contributed by atoms with Gasteiger partial charge in [0.15, 0.2) is 17.0 Å². The number of hydrazone groups is 1. The van der Waals surface area contributed by atoms with E-state index in [4.69, 9.17) is 21.1 Å². The molecule has 0 aliphatic carbocycles. The highest BCUT2D eigenvalue weighted by atomic mass is 35.5. The Balaban J connectivity index is 2.29. The van der Waals surface area contributed by atoms with Crippen molar-refractivity contribution >= 4 is 47.5 Å². The van der Waals surface area contributed by atoms with Crippen LogP contribution in [0.2, 0.25) is 5.15 Å². The summed E-state index contributed by atoms with van der Waals surface area (Å²) in [6.45, 7) is 1.72. The van der Waals surface area contributed by atoms with Crippen molar-refractivity contribution in [3.8, 4) is 0 Å². The van der Waals surface area contributed by atoms with Crippen LogP contribution in [-0.4, -0.2) is 59.4 Å². The molecule has 2 rings (SSSR count). The van der Waals surface area contributed by atoms with Gasteiger partial charge in [0.2, 0.25) is 0 Å². The second-order valence-corrected chi connectivity index (χ2v) is 6.11. The fourth-order valence-corrected chi connectivity index (χ4v) is 2.26. The predicted molar refractivity (Wildman–Crippen MR) is 116 cm³/mol. The van der Waals surface area contributed by atoms with Crippen molar-refractivity contribution < 1.29 is 24.2 Å². The van der Waals surface area contributed by atoms with E-state index in [0.29, 0.717) is 5.56 Å². The zero-order chi connectivity index (χ0) is 22.6. The Morgan fingerprint density at radius 1 is 1.23 bits per heavy atom. The summed E-state index contributed by atoms with van der Waals surface area (Å²) in [4.78, 5) is 28.4.